The monoisotopic (exact) mass is 109 g/mol. The van der Waals surface area contributed by atoms with Crippen molar-refractivity contribution in [2.75, 3.05) is 0 Å². The maximum absolute atomic E-state index is 9.53. The fourth-order valence-electron chi connectivity index (χ4n) is 0. The van der Waals surface area contributed by atoms with Gasteiger partial charge in [0, 0.05) is 0 Å². The zero-order chi connectivity index (χ0) is 3.58. The Bertz CT molecular complexity index is 15.5. The average molecular weight is 109 g/mol. The first kappa shape index (κ1) is 15.6. The molecule has 0 fully saturated rings. The van der Waals surface area contributed by atoms with Crippen LogP contribution in [0.15, 0.2) is 0 Å². The van der Waals surface area contributed by atoms with E-state index in [4.69, 9.17) is 0 Å². The van der Waals surface area contributed by atoms with Crippen LogP contribution in [0.5, 0.6) is 0 Å². The van der Waals surface area contributed by atoms with Gasteiger partial charge in [0.05, 0.1) is 0 Å². The van der Waals surface area contributed by atoms with Crippen LogP contribution in [0.4, 0.5) is 0 Å². The van der Waals surface area contributed by atoms with Crippen molar-refractivity contribution in [2.45, 2.75) is 20.0 Å². The van der Waals surface area contributed by atoms with Gasteiger partial charge in [-0.3, -0.25) is 0 Å². The van der Waals surface area contributed by atoms with Crippen LogP contribution in [0, 0.1) is 0 Å². The summed E-state index contributed by atoms with van der Waals surface area (Å²) in [6, 6.07) is 0. The van der Waals surface area contributed by atoms with Gasteiger partial charge in [-0.2, -0.15) is 0 Å². The van der Waals surface area contributed by atoms with Gasteiger partial charge in [-0.05, 0) is 0 Å². The van der Waals surface area contributed by atoms with E-state index >= 15 is 0 Å². The van der Waals surface area contributed by atoms with E-state index in [2.05, 4.69) is 0 Å². The van der Waals surface area contributed by atoms with Crippen LogP contribution in [0.25, 0.3) is 0 Å². The third-order valence-electron chi connectivity index (χ3n) is 0. The molecule has 0 rings (SSSR count). The Morgan fingerprint density at radius 2 is 1.33 bits per heavy atom. The first-order valence-electron chi connectivity index (χ1n) is 1.39. The Labute approximate surface area is 71.6 Å². The number of hydrogen-bond acceptors (Lipinski definition) is 1. The minimum atomic E-state index is -0.417. The topological polar surface area (TPSA) is 23.1 Å². The van der Waals surface area contributed by atoms with E-state index in [0.29, 0.717) is 0 Å². The van der Waals surface area contributed by atoms with Crippen molar-refractivity contribution in [1.82, 2.24) is 0 Å². The Morgan fingerprint density at radius 3 is 1.33 bits per heavy atom. The molecule has 0 saturated carbocycles. The third kappa shape index (κ3) is 49.8. The standard InChI is InChI=1S/C3H7O.Al.Na/c1-3(2)4;;/h3H,1-2H3;;/q-1;+3;+1. The van der Waals surface area contributed by atoms with E-state index in [-0.39, 0.29) is 46.9 Å². The summed E-state index contributed by atoms with van der Waals surface area (Å²) in [5.41, 5.74) is 0. The zero-order valence-corrected chi connectivity index (χ0v) is 7.72. The Kier molecular flexibility index (Phi) is 25.3. The fraction of sp³-hybridized carbons (Fsp3) is 1.00. The summed E-state index contributed by atoms with van der Waals surface area (Å²) in [4.78, 5) is 0. The third-order valence-corrected chi connectivity index (χ3v) is 0. The zero-order valence-electron chi connectivity index (χ0n) is 4.56. The number of rotatable bonds is 0. The summed E-state index contributed by atoms with van der Waals surface area (Å²) in [6.45, 7) is 3.22. The summed E-state index contributed by atoms with van der Waals surface area (Å²) < 4.78 is 0. The van der Waals surface area contributed by atoms with Gasteiger partial charge in [-0.25, -0.2) is 0 Å². The van der Waals surface area contributed by atoms with E-state index in [0.717, 1.165) is 0 Å². The van der Waals surface area contributed by atoms with Crippen LogP contribution >= 0.6 is 0 Å². The predicted molar refractivity (Wildman–Crippen MR) is 20.9 cm³/mol. The molecule has 3 heteroatoms. The number of hydrogen-bond donors (Lipinski definition) is 0. The van der Waals surface area contributed by atoms with Gasteiger partial charge in [0.15, 0.2) is 0 Å². The molecule has 0 bridgehead atoms. The van der Waals surface area contributed by atoms with Crippen molar-refractivity contribution in [3.63, 3.8) is 0 Å². The van der Waals surface area contributed by atoms with Gasteiger partial charge in [-0.15, -0.1) is 6.10 Å². The molecule has 0 aromatic carbocycles. The quantitative estimate of drug-likeness (QED) is 0.294. The molecule has 0 unspecified atom stereocenters. The molecule has 0 aliphatic heterocycles. The first-order chi connectivity index (χ1) is 1.73. The molecule has 0 saturated heterocycles. The van der Waals surface area contributed by atoms with Gasteiger partial charge in [0.25, 0.3) is 0 Å². The van der Waals surface area contributed by atoms with Crippen molar-refractivity contribution in [3.05, 3.63) is 0 Å². The molecule has 26 valence electrons. The van der Waals surface area contributed by atoms with Crippen molar-refractivity contribution in [2.24, 2.45) is 0 Å². The van der Waals surface area contributed by atoms with Crippen molar-refractivity contribution < 1.29 is 34.7 Å². The Morgan fingerprint density at radius 1 is 1.33 bits per heavy atom. The van der Waals surface area contributed by atoms with Crippen LogP contribution in [0.1, 0.15) is 13.8 Å². The molecule has 0 aromatic heterocycles. The summed E-state index contributed by atoms with van der Waals surface area (Å²) in [6.07, 6.45) is -0.417. The second-order valence-electron chi connectivity index (χ2n) is 1.05. The maximum atomic E-state index is 9.53. The summed E-state index contributed by atoms with van der Waals surface area (Å²) >= 11 is 0. The Hall–Kier alpha value is 1.49. The SMILES string of the molecule is CC(C)[O-].[Al+3].[Na+]. The first-order valence-corrected chi connectivity index (χ1v) is 1.39. The van der Waals surface area contributed by atoms with E-state index < -0.39 is 6.10 Å². The molecule has 0 spiro atoms. The van der Waals surface area contributed by atoms with Gasteiger partial charge in [0.2, 0.25) is 0 Å². The van der Waals surface area contributed by atoms with Crippen LogP contribution in [-0.2, 0) is 0 Å². The molecule has 0 aliphatic carbocycles. The molecular formula is C3H7AlNaO+3. The molecule has 0 aliphatic rings. The molecule has 6 heavy (non-hydrogen) atoms. The second kappa shape index (κ2) is 9.70. The van der Waals surface area contributed by atoms with Gasteiger partial charge in [-0.1, -0.05) is 13.8 Å². The van der Waals surface area contributed by atoms with E-state index in [1.807, 2.05) is 0 Å². The molecule has 0 N–H and O–H groups in total. The van der Waals surface area contributed by atoms with Crippen LogP contribution in [0.2, 0.25) is 0 Å². The molecule has 0 radical (unpaired) electrons. The summed E-state index contributed by atoms with van der Waals surface area (Å²) in [5, 5.41) is 9.53. The summed E-state index contributed by atoms with van der Waals surface area (Å²) in [5.74, 6) is 0. The molecule has 0 aromatic rings. The van der Waals surface area contributed by atoms with Crippen LogP contribution in [0.3, 0.4) is 0 Å². The molecule has 0 amide bonds. The normalized spacial score (nSPS) is 6.00. The van der Waals surface area contributed by atoms with Gasteiger partial charge >= 0.3 is 46.9 Å². The van der Waals surface area contributed by atoms with E-state index in [1.165, 1.54) is 0 Å². The maximum Gasteiger partial charge on any atom is 3.00 e. The molecular weight excluding hydrogens is 102 g/mol. The Balaban J connectivity index is -0.0000000450. The largest absolute Gasteiger partial charge is 3.00 e. The second-order valence-corrected chi connectivity index (χ2v) is 1.05. The van der Waals surface area contributed by atoms with Crippen molar-refractivity contribution >= 4 is 17.4 Å². The van der Waals surface area contributed by atoms with Crippen molar-refractivity contribution in [3.8, 4) is 0 Å². The van der Waals surface area contributed by atoms with E-state index in [1.54, 1.807) is 13.8 Å². The smallest absolute Gasteiger partial charge is 0.852 e. The fourth-order valence-corrected chi connectivity index (χ4v) is 0. The molecule has 0 atom stereocenters. The molecule has 0 heterocycles. The predicted octanol–water partition coefficient (Wildman–Crippen LogP) is -3.62. The van der Waals surface area contributed by atoms with E-state index in [9.17, 15) is 5.11 Å². The van der Waals surface area contributed by atoms with Crippen LogP contribution < -0.4 is 34.7 Å². The van der Waals surface area contributed by atoms with Gasteiger partial charge < -0.3 is 5.11 Å². The average Bonchev–Trinajstić information content (AvgIpc) is 0.811. The minimum Gasteiger partial charge on any atom is -0.852 e. The van der Waals surface area contributed by atoms with Gasteiger partial charge in [0.1, 0.15) is 0 Å². The van der Waals surface area contributed by atoms with Crippen molar-refractivity contribution in [1.29, 1.82) is 0 Å². The summed E-state index contributed by atoms with van der Waals surface area (Å²) in [7, 11) is 0. The molecule has 1 nitrogen and oxygen atoms in total. The van der Waals surface area contributed by atoms with Crippen LogP contribution in [-0.4, -0.2) is 23.5 Å². The minimum absolute atomic E-state index is 0.